The fourth-order valence-corrected chi connectivity index (χ4v) is 2.81. The first kappa shape index (κ1) is 15.5. The van der Waals surface area contributed by atoms with E-state index < -0.39 is 0 Å². The third kappa shape index (κ3) is 3.82. The monoisotopic (exact) mass is 283 g/mol. The second-order valence-corrected chi connectivity index (χ2v) is 5.84. The van der Waals surface area contributed by atoms with Gasteiger partial charge >= 0.3 is 0 Å². The topological polar surface area (TPSA) is 31.9 Å². The molecule has 0 aliphatic heterocycles. The Labute approximate surface area is 127 Å². The van der Waals surface area contributed by atoms with Crippen LogP contribution in [-0.2, 0) is 0 Å². The number of rotatable bonds is 5. The molecule has 0 saturated heterocycles. The van der Waals surface area contributed by atoms with E-state index >= 15 is 0 Å². The molecule has 0 spiro atoms. The van der Waals surface area contributed by atoms with Crippen LogP contribution in [0.15, 0.2) is 35.9 Å². The minimum Gasteiger partial charge on any atom is -0.296 e. The largest absolute Gasteiger partial charge is 0.296 e. The van der Waals surface area contributed by atoms with E-state index in [0.29, 0.717) is 6.04 Å². The molecule has 0 fully saturated rings. The molecule has 0 saturated carbocycles. The Balaban J connectivity index is 2.07. The highest BCUT2D eigenvalue weighted by molar-refractivity contribution is 5.52. The standard InChI is InChI=1S/C18H25N3/c1-13(11-17-9-7-6-8-10-17)12-21(5)16(4)18-14(2)19-20-15(18)3/h6-11,16H,12H2,1-5H3,(H,19,20)/b13-11+/t16-/m1/s1. The number of likely N-dealkylation sites (N-methyl/N-ethyl adjacent to an activating group) is 1. The highest BCUT2D eigenvalue weighted by Crippen LogP contribution is 2.24. The molecular formula is C18H25N3. The number of hydrogen-bond donors (Lipinski definition) is 1. The van der Waals surface area contributed by atoms with Crippen molar-refractivity contribution in [3.05, 3.63) is 58.4 Å². The first-order chi connectivity index (χ1) is 9.99. The lowest BCUT2D eigenvalue weighted by molar-refractivity contribution is 0.282. The van der Waals surface area contributed by atoms with Crippen molar-refractivity contribution in [2.24, 2.45) is 0 Å². The number of nitrogens with zero attached hydrogens (tertiary/aromatic N) is 2. The summed E-state index contributed by atoms with van der Waals surface area (Å²) in [6, 6.07) is 10.8. The van der Waals surface area contributed by atoms with Gasteiger partial charge in [-0.1, -0.05) is 42.0 Å². The van der Waals surface area contributed by atoms with E-state index in [0.717, 1.165) is 17.9 Å². The van der Waals surface area contributed by atoms with Gasteiger partial charge < -0.3 is 0 Å². The number of hydrogen-bond acceptors (Lipinski definition) is 2. The van der Waals surface area contributed by atoms with Gasteiger partial charge in [-0.3, -0.25) is 10.00 Å². The Morgan fingerprint density at radius 3 is 2.52 bits per heavy atom. The Morgan fingerprint density at radius 1 is 1.29 bits per heavy atom. The van der Waals surface area contributed by atoms with Crippen molar-refractivity contribution in [1.82, 2.24) is 15.1 Å². The maximum absolute atomic E-state index is 4.30. The van der Waals surface area contributed by atoms with Crippen molar-refractivity contribution in [3.63, 3.8) is 0 Å². The molecule has 1 N–H and O–H groups in total. The van der Waals surface area contributed by atoms with E-state index in [-0.39, 0.29) is 0 Å². The van der Waals surface area contributed by atoms with Gasteiger partial charge in [0.25, 0.3) is 0 Å². The van der Waals surface area contributed by atoms with Crippen molar-refractivity contribution >= 4 is 6.08 Å². The molecule has 3 heteroatoms. The van der Waals surface area contributed by atoms with Gasteiger partial charge in [-0.15, -0.1) is 0 Å². The van der Waals surface area contributed by atoms with Crippen molar-refractivity contribution in [2.75, 3.05) is 13.6 Å². The van der Waals surface area contributed by atoms with Crippen molar-refractivity contribution < 1.29 is 0 Å². The molecule has 21 heavy (non-hydrogen) atoms. The zero-order valence-electron chi connectivity index (χ0n) is 13.6. The third-order valence-corrected chi connectivity index (χ3v) is 3.98. The highest BCUT2D eigenvalue weighted by Gasteiger charge is 2.18. The van der Waals surface area contributed by atoms with E-state index in [9.17, 15) is 0 Å². The van der Waals surface area contributed by atoms with Crippen molar-refractivity contribution in [3.8, 4) is 0 Å². The maximum Gasteiger partial charge on any atom is 0.0641 e. The number of benzene rings is 1. The lowest BCUT2D eigenvalue weighted by atomic mass is 10.0. The molecule has 0 bridgehead atoms. The minimum absolute atomic E-state index is 0.350. The summed E-state index contributed by atoms with van der Waals surface area (Å²) in [4.78, 5) is 2.36. The molecule has 2 rings (SSSR count). The number of H-pyrrole nitrogens is 1. The minimum atomic E-state index is 0.350. The molecule has 0 radical (unpaired) electrons. The average molecular weight is 283 g/mol. The lowest BCUT2D eigenvalue weighted by Gasteiger charge is -2.25. The SMILES string of the molecule is C/C(=C\c1ccccc1)CN(C)[C@H](C)c1c(C)n[nH]c1C. The summed E-state index contributed by atoms with van der Waals surface area (Å²) in [7, 11) is 2.17. The zero-order chi connectivity index (χ0) is 15.4. The van der Waals surface area contributed by atoms with E-state index in [1.807, 2.05) is 6.07 Å². The van der Waals surface area contributed by atoms with Gasteiger partial charge in [0.1, 0.15) is 0 Å². The number of nitrogens with one attached hydrogen (secondary N) is 1. The Hall–Kier alpha value is -1.87. The summed E-state index contributed by atoms with van der Waals surface area (Å²) in [5.74, 6) is 0. The van der Waals surface area contributed by atoms with Gasteiger partial charge in [-0.25, -0.2) is 0 Å². The fraction of sp³-hybridized carbons (Fsp3) is 0.389. The third-order valence-electron chi connectivity index (χ3n) is 3.98. The lowest BCUT2D eigenvalue weighted by Crippen LogP contribution is -2.25. The molecule has 3 nitrogen and oxygen atoms in total. The Morgan fingerprint density at radius 2 is 1.95 bits per heavy atom. The molecule has 1 aromatic carbocycles. The number of aryl methyl sites for hydroxylation is 2. The second kappa shape index (κ2) is 6.72. The molecule has 0 unspecified atom stereocenters. The second-order valence-electron chi connectivity index (χ2n) is 5.84. The van der Waals surface area contributed by atoms with Gasteiger partial charge in [0, 0.05) is 23.8 Å². The number of aromatic amines is 1. The quantitative estimate of drug-likeness (QED) is 0.895. The Bertz CT molecular complexity index is 591. The van der Waals surface area contributed by atoms with Crippen LogP contribution in [0.5, 0.6) is 0 Å². The van der Waals surface area contributed by atoms with Crippen LogP contribution in [-0.4, -0.2) is 28.7 Å². The van der Waals surface area contributed by atoms with Gasteiger partial charge in [-0.05, 0) is 40.3 Å². The molecule has 1 heterocycles. The highest BCUT2D eigenvalue weighted by atomic mass is 15.2. The summed E-state index contributed by atoms with van der Waals surface area (Å²) in [6.07, 6.45) is 2.25. The number of aromatic nitrogens is 2. The molecule has 1 aromatic heterocycles. The predicted octanol–water partition coefficient (Wildman–Crippen LogP) is 4.12. The first-order valence-electron chi connectivity index (χ1n) is 7.43. The van der Waals surface area contributed by atoms with Crippen molar-refractivity contribution in [1.29, 1.82) is 0 Å². The van der Waals surface area contributed by atoms with E-state index in [2.05, 4.69) is 80.2 Å². The van der Waals surface area contributed by atoms with Crippen LogP contribution in [0, 0.1) is 13.8 Å². The van der Waals surface area contributed by atoms with Crippen LogP contribution < -0.4 is 0 Å². The van der Waals surface area contributed by atoms with Crippen LogP contribution >= 0.6 is 0 Å². The van der Waals surface area contributed by atoms with Crippen LogP contribution in [0.4, 0.5) is 0 Å². The molecule has 0 aliphatic rings. The average Bonchev–Trinajstić information content (AvgIpc) is 2.78. The van der Waals surface area contributed by atoms with Gasteiger partial charge in [-0.2, -0.15) is 5.10 Å². The summed E-state index contributed by atoms with van der Waals surface area (Å²) in [6.45, 7) is 9.52. The molecule has 0 amide bonds. The van der Waals surface area contributed by atoms with E-state index in [1.54, 1.807) is 0 Å². The fourth-order valence-electron chi connectivity index (χ4n) is 2.81. The van der Waals surface area contributed by atoms with Crippen molar-refractivity contribution in [2.45, 2.75) is 33.7 Å². The molecule has 2 aromatic rings. The van der Waals surface area contributed by atoms with E-state index in [4.69, 9.17) is 0 Å². The Kier molecular flexibility index (Phi) is 4.97. The van der Waals surface area contributed by atoms with Gasteiger partial charge in [0.2, 0.25) is 0 Å². The molecule has 112 valence electrons. The van der Waals surface area contributed by atoms with Crippen LogP contribution in [0.25, 0.3) is 6.08 Å². The molecular weight excluding hydrogens is 258 g/mol. The predicted molar refractivity (Wildman–Crippen MR) is 89.2 cm³/mol. The summed E-state index contributed by atoms with van der Waals surface area (Å²) in [5.41, 5.74) is 6.18. The normalized spacial score (nSPS) is 13.7. The van der Waals surface area contributed by atoms with E-state index in [1.165, 1.54) is 16.7 Å². The van der Waals surface area contributed by atoms with Gasteiger partial charge in [0.05, 0.1) is 5.69 Å². The van der Waals surface area contributed by atoms with Crippen LogP contribution in [0.2, 0.25) is 0 Å². The molecule has 0 aliphatic carbocycles. The maximum atomic E-state index is 4.30. The zero-order valence-corrected chi connectivity index (χ0v) is 13.6. The summed E-state index contributed by atoms with van der Waals surface area (Å²) < 4.78 is 0. The molecule has 1 atom stereocenters. The summed E-state index contributed by atoms with van der Waals surface area (Å²) >= 11 is 0. The first-order valence-corrected chi connectivity index (χ1v) is 7.43. The van der Waals surface area contributed by atoms with Gasteiger partial charge in [0.15, 0.2) is 0 Å². The van der Waals surface area contributed by atoms with Crippen LogP contribution in [0.3, 0.4) is 0 Å². The van der Waals surface area contributed by atoms with Crippen LogP contribution in [0.1, 0.15) is 42.4 Å². The smallest absolute Gasteiger partial charge is 0.0641 e. The summed E-state index contributed by atoms with van der Waals surface area (Å²) in [5, 5.41) is 7.37.